The Bertz CT molecular complexity index is 338. The Morgan fingerprint density at radius 1 is 1.43 bits per heavy atom. The van der Waals surface area contributed by atoms with E-state index in [1.54, 1.807) is 0 Å². The minimum Gasteiger partial charge on any atom is -0.387 e. The standard InChI is InChI=1S/C8H7ClF3NO/c1-4(14)7-5(8(10,11)12)2-3-6(9)13-7/h2-4,14H,1H3. The Morgan fingerprint density at radius 2 is 2.00 bits per heavy atom. The fraction of sp³-hybridized carbons (Fsp3) is 0.375. The van der Waals surface area contributed by atoms with Gasteiger partial charge in [-0.3, -0.25) is 0 Å². The summed E-state index contributed by atoms with van der Waals surface area (Å²) in [6, 6.07) is 1.84. The van der Waals surface area contributed by atoms with Crippen LogP contribution in [0.25, 0.3) is 0 Å². The van der Waals surface area contributed by atoms with Crippen molar-refractivity contribution in [3.63, 3.8) is 0 Å². The van der Waals surface area contributed by atoms with Gasteiger partial charge in [-0.25, -0.2) is 4.98 Å². The minimum atomic E-state index is -4.52. The maximum Gasteiger partial charge on any atom is 0.418 e. The van der Waals surface area contributed by atoms with Gasteiger partial charge in [-0.15, -0.1) is 0 Å². The molecule has 1 rings (SSSR count). The molecule has 0 bridgehead atoms. The molecule has 1 unspecified atom stereocenters. The largest absolute Gasteiger partial charge is 0.418 e. The van der Waals surface area contributed by atoms with Crippen molar-refractivity contribution in [3.8, 4) is 0 Å². The highest BCUT2D eigenvalue weighted by Crippen LogP contribution is 2.34. The van der Waals surface area contributed by atoms with E-state index in [0.717, 1.165) is 12.1 Å². The molecule has 6 heteroatoms. The molecule has 1 aromatic rings. The van der Waals surface area contributed by atoms with Gasteiger partial charge in [0.05, 0.1) is 17.4 Å². The Kier molecular flexibility index (Phi) is 3.01. The quantitative estimate of drug-likeness (QED) is 0.746. The number of aliphatic hydroxyl groups is 1. The first-order valence-corrected chi connectivity index (χ1v) is 4.12. The second-order valence-corrected chi connectivity index (χ2v) is 3.13. The number of nitrogens with zero attached hydrogens (tertiary/aromatic N) is 1. The molecule has 0 saturated heterocycles. The molecule has 0 aliphatic carbocycles. The lowest BCUT2D eigenvalue weighted by Crippen LogP contribution is -2.12. The molecule has 0 aliphatic rings. The molecule has 2 nitrogen and oxygen atoms in total. The zero-order chi connectivity index (χ0) is 10.9. The molecular weight excluding hydrogens is 219 g/mol. The van der Waals surface area contributed by atoms with Crippen molar-refractivity contribution in [2.45, 2.75) is 19.2 Å². The molecule has 1 N–H and O–H groups in total. The maximum atomic E-state index is 12.3. The highest BCUT2D eigenvalue weighted by Gasteiger charge is 2.35. The number of alkyl halides is 3. The summed E-state index contributed by atoms with van der Waals surface area (Å²) in [5, 5.41) is 9.00. The van der Waals surface area contributed by atoms with Crippen molar-refractivity contribution in [1.82, 2.24) is 4.98 Å². The average molecular weight is 226 g/mol. The zero-order valence-corrected chi connectivity index (χ0v) is 7.89. The zero-order valence-electron chi connectivity index (χ0n) is 7.14. The van der Waals surface area contributed by atoms with E-state index in [9.17, 15) is 13.2 Å². The summed E-state index contributed by atoms with van der Waals surface area (Å²) in [4.78, 5) is 3.43. The first kappa shape index (κ1) is 11.3. The SMILES string of the molecule is CC(O)c1nc(Cl)ccc1C(F)(F)F. The molecule has 78 valence electrons. The van der Waals surface area contributed by atoms with E-state index in [2.05, 4.69) is 4.98 Å². The van der Waals surface area contributed by atoms with Crippen LogP contribution in [-0.4, -0.2) is 10.1 Å². The summed E-state index contributed by atoms with van der Waals surface area (Å²) in [7, 11) is 0. The molecule has 0 saturated carbocycles. The third kappa shape index (κ3) is 2.36. The van der Waals surface area contributed by atoms with Crippen LogP contribution in [-0.2, 0) is 6.18 Å². The molecule has 14 heavy (non-hydrogen) atoms. The second kappa shape index (κ2) is 3.74. The van der Waals surface area contributed by atoms with Crippen molar-refractivity contribution in [2.75, 3.05) is 0 Å². The smallest absolute Gasteiger partial charge is 0.387 e. The molecule has 1 aromatic heterocycles. The van der Waals surface area contributed by atoms with E-state index < -0.39 is 23.5 Å². The van der Waals surface area contributed by atoms with Crippen LogP contribution in [0, 0.1) is 0 Å². The molecule has 1 heterocycles. The van der Waals surface area contributed by atoms with Crippen LogP contribution in [0.15, 0.2) is 12.1 Å². The van der Waals surface area contributed by atoms with Gasteiger partial charge in [0.1, 0.15) is 5.15 Å². The number of aromatic nitrogens is 1. The van der Waals surface area contributed by atoms with Gasteiger partial charge < -0.3 is 5.11 Å². The lowest BCUT2D eigenvalue weighted by Gasteiger charge is -2.13. The number of hydrogen-bond acceptors (Lipinski definition) is 2. The summed E-state index contributed by atoms with van der Waals surface area (Å²) < 4.78 is 37.0. The van der Waals surface area contributed by atoms with Crippen molar-refractivity contribution >= 4 is 11.6 Å². The monoisotopic (exact) mass is 225 g/mol. The summed E-state index contributed by atoms with van der Waals surface area (Å²) >= 11 is 5.42. The predicted octanol–water partition coefficient (Wildman–Crippen LogP) is 2.81. The number of halogens is 4. The van der Waals surface area contributed by atoms with Crippen LogP contribution in [0.5, 0.6) is 0 Å². The van der Waals surface area contributed by atoms with Crippen LogP contribution in [0.1, 0.15) is 24.3 Å². The van der Waals surface area contributed by atoms with E-state index in [-0.39, 0.29) is 5.15 Å². The van der Waals surface area contributed by atoms with Gasteiger partial charge in [-0.1, -0.05) is 11.6 Å². The second-order valence-electron chi connectivity index (χ2n) is 2.74. The van der Waals surface area contributed by atoms with E-state index in [1.807, 2.05) is 0 Å². The Labute approximate surface area is 83.3 Å². The predicted molar refractivity (Wildman–Crippen MR) is 44.9 cm³/mol. The molecule has 0 radical (unpaired) electrons. The fourth-order valence-corrected chi connectivity index (χ4v) is 1.16. The summed E-state index contributed by atoms with van der Waals surface area (Å²) in [5.41, 5.74) is -1.41. The van der Waals surface area contributed by atoms with Crippen molar-refractivity contribution < 1.29 is 18.3 Å². The molecule has 1 atom stereocenters. The van der Waals surface area contributed by atoms with Crippen LogP contribution in [0.3, 0.4) is 0 Å². The highest BCUT2D eigenvalue weighted by atomic mass is 35.5. The Balaban J connectivity index is 3.29. The van der Waals surface area contributed by atoms with E-state index in [4.69, 9.17) is 16.7 Å². The van der Waals surface area contributed by atoms with E-state index in [1.165, 1.54) is 6.92 Å². The van der Waals surface area contributed by atoms with Gasteiger partial charge in [0.15, 0.2) is 0 Å². The lowest BCUT2D eigenvalue weighted by atomic mass is 10.1. The van der Waals surface area contributed by atoms with Crippen LogP contribution >= 0.6 is 11.6 Å². The summed E-state index contributed by atoms with van der Waals surface area (Å²) in [6.07, 6.45) is -5.82. The van der Waals surface area contributed by atoms with Crippen molar-refractivity contribution in [2.24, 2.45) is 0 Å². The number of aliphatic hydroxyl groups excluding tert-OH is 1. The molecular formula is C8H7ClF3NO. The van der Waals surface area contributed by atoms with Gasteiger partial charge in [-0.05, 0) is 19.1 Å². The lowest BCUT2D eigenvalue weighted by molar-refractivity contribution is -0.139. The van der Waals surface area contributed by atoms with Gasteiger partial charge >= 0.3 is 6.18 Å². The Hall–Kier alpha value is -0.810. The first-order chi connectivity index (χ1) is 6.32. The van der Waals surface area contributed by atoms with Crippen LogP contribution in [0.2, 0.25) is 5.15 Å². The molecule has 0 fully saturated rings. The van der Waals surface area contributed by atoms with Gasteiger partial charge in [-0.2, -0.15) is 13.2 Å². The van der Waals surface area contributed by atoms with Crippen LogP contribution < -0.4 is 0 Å². The third-order valence-corrected chi connectivity index (χ3v) is 1.80. The number of pyridine rings is 1. The summed E-state index contributed by atoms with van der Waals surface area (Å²) in [6.45, 7) is 1.20. The van der Waals surface area contributed by atoms with E-state index in [0.29, 0.717) is 0 Å². The number of rotatable bonds is 1. The van der Waals surface area contributed by atoms with Crippen molar-refractivity contribution in [1.29, 1.82) is 0 Å². The molecule has 0 amide bonds. The molecule has 0 spiro atoms. The highest BCUT2D eigenvalue weighted by molar-refractivity contribution is 6.29. The fourth-order valence-electron chi connectivity index (χ4n) is 1.01. The van der Waals surface area contributed by atoms with E-state index >= 15 is 0 Å². The number of hydrogen-bond donors (Lipinski definition) is 1. The maximum absolute atomic E-state index is 12.3. The molecule has 0 aromatic carbocycles. The summed E-state index contributed by atoms with van der Waals surface area (Å²) in [5.74, 6) is 0. The third-order valence-electron chi connectivity index (χ3n) is 1.59. The molecule has 0 aliphatic heterocycles. The van der Waals surface area contributed by atoms with Gasteiger partial charge in [0.2, 0.25) is 0 Å². The average Bonchev–Trinajstić information content (AvgIpc) is 2.01. The van der Waals surface area contributed by atoms with Gasteiger partial charge in [0.25, 0.3) is 0 Å². The first-order valence-electron chi connectivity index (χ1n) is 3.74. The Morgan fingerprint density at radius 3 is 2.43 bits per heavy atom. The van der Waals surface area contributed by atoms with Crippen molar-refractivity contribution in [3.05, 3.63) is 28.5 Å². The van der Waals surface area contributed by atoms with Crippen LogP contribution in [0.4, 0.5) is 13.2 Å². The minimum absolute atomic E-state index is 0.0751. The van der Waals surface area contributed by atoms with Gasteiger partial charge in [0, 0.05) is 0 Å². The normalized spacial score (nSPS) is 14.1. The topological polar surface area (TPSA) is 33.1 Å².